The number of aliphatic imine (C=N–C) groups is 1. The minimum atomic E-state index is -0.0740. The van der Waals surface area contributed by atoms with Crippen LogP contribution in [0.2, 0.25) is 0 Å². The van der Waals surface area contributed by atoms with Gasteiger partial charge in [0.1, 0.15) is 0 Å². The number of nitrogens with one attached hydrogen (secondary N) is 2. The zero-order chi connectivity index (χ0) is 21.2. The van der Waals surface area contributed by atoms with Gasteiger partial charge in [0.05, 0.1) is 25.4 Å². The molecular weight excluding hydrogens is 380 g/mol. The maximum atomic E-state index is 12.3. The second-order valence-electron chi connectivity index (χ2n) is 8.01. The van der Waals surface area contributed by atoms with Gasteiger partial charge in [-0.05, 0) is 56.2 Å². The first-order chi connectivity index (χ1) is 14.7. The predicted octanol–water partition coefficient (Wildman–Crippen LogP) is 2.81. The van der Waals surface area contributed by atoms with Crippen molar-refractivity contribution in [1.82, 2.24) is 10.2 Å². The Morgan fingerprint density at radius 2 is 2.10 bits per heavy atom. The summed E-state index contributed by atoms with van der Waals surface area (Å²) in [6, 6.07) is 7.95. The Morgan fingerprint density at radius 3 is 2.80 bits per heavy atom. The van der Waals surface area contributed by atoms with Crippen LogP contribution in [0.15, 0.2) is 29.3 Å². The smallest absolute Gasteiger partial charge is 0.243 e. The first kappa shape index (κ1) is 22.6. The zero-order valence-electron chi connectivity index (χ0n) is 18.4. The molecule has 2 fully saturated rings. The maximum Gasteiger partial charge on any atom is 0.243 e. The monoisotopic (exact) mass is 416 g/mol. The molecule has 2 heterocycles. The number of guanidine groups is 1. The largest absolute Gasteiger partial charge is 0.376 e. The van der Waals surface area contributed by atoms with Gasteiger partial charge in [0, 0.05) is 32.4 Å². The summed E-state index contributed by atoms with van der Waals surface area (Å²) in [5.41, 5.74) is 2.03. The quantitative estimate of drug-likeness (QED) is 0.528. The van der Waals surface area contributed by atoms with Gasteiger partial charge in [0.25, 0.3) is 0 Å². The van der Waals surface area contributed by atoms with E-state index in [0.717, 1.165) is 57.0 Å². The molecular formula is C23H36N4O3. The van der Waals surface area contributed by atoms with E-state index in [-0.39, 0.29) is 24.7 Å². The van der Waals surface area contributed by atoms with Crippen molar-refractivity contribution in [2.45, 2.75) is 57.7 Å². The Bertz CT molecular complexity index is 695. The average molecular weight is 417 g/mol. The minimum Gasteiger partial charge on any atom is -0.376 e. The molecule has 1 aromatic carbocycles. The summed E-state index contributed by atoms with van der Waals surface area (Å²) in [5, 5.41) is 6.14. The molecule has 166 valence electrons. The van der Waals surface area contributed by atoms with Crippen LogP contribution in [-0.2, 0) is 20.7 Å². The van der Waals surface area contributed by atoms with Crippen LogP contribution in [0.5, 0.6) is 0 Å². The third-order valence-electron chi connectivity index (χ3n) is 5.77. The van der Waals surface area contributed by atoms with E-state index in [1.54, 1.807) is 7.05 Å². The molecule has 0 saturated carbocycles. The normalized spacial score (nSPS) is 20.8. The first-order valence-electron chi connectivity index (χ1n) is 11.3. The summed E-state index contributed by atoms with van der Waals surface area (Å²) in [6.07, 6.45) is 6.94. The van der Waals surface area contributed by atoms with Gasteiger partial charge >= 0.3 is 0 Å². The molecule has 0 aliphatic carbocycles. The van der Waals surface area contributed by atoms with E-state index >= 15 is 0 Å². The van der Waals surface area contributed by atoms with E-state index in [1.165, 1.54) is 18.4 Å². The van der Waals surface area contributed by atoms with Gasteiger partial charge in [-0.3, -0.25) is 9.79 Å². The number of likely N-dealkylation sites (tertiary alicyclic amines) is 1. The third-order valence-corrected chi connectivity index (χ3v) is 5.77. The lowest BCUT2D eigenvalue weighted by Crippen LogP contribution is -2.48. The Labute approximate surface area is 180 Å². The molecule has 0 bridgehead atoms. The van der Waals surface area contributed by atoms with E-state index in [4.69, 9.17) is 9.47 Å². The summed E-state index contributed by atoms with van der Waals surface area (Å²) in [6.45, 7) is 5.61. The number of hydrogen-bond donors (Lipinski definition) is 2. The van der Waals surface area contributed by atoms with E-state index in [1.807, 2.05) is 18.2 Å². The van der Waals surface area contributed by atoms with Crippen LogP contribution in [0.3, 0.4) is 0 Å². The minimum absolute atomic E-state index is 0.0740. The van der Waals surface area contributed by atoms with Crippen molar-refractivity contribution in [2.75, 3.05) is 45.2 Å². The van der Waals surface area contributed by atoms with E-state index in [0.29, 0.717) is 6.61 Å². The Hall–Kier alpha value is -2.12. The molecule has 3 rings (SSSR count). The van der Waals surface area contributed by atoms with Crippen molar-refractivity contribution in [3.63, 3.8) is 0 Å². The number of rotatable bonds is 7. The number of anilines is 1. The lowest BCUT2D eigenvalue weighted by Gasteiger charge is -2.35. The topological polar surface area (TPSA) is 75.2 Å². The second kappa shape index (κ2) is 11.9. The van der Waals surface area contributed by atoms with Crippen LogP contribution in [0.1, 0.15) is 44.6 Å². The second-order valence-corrected chi connectivity index (χ2v) is 8.01. The fraction of sp³-hybridized carbons (Fsp3) is 0.652. The maximum absolute atomic E-state index is 12.3. The highest BCUT2D eigenvalue weighted by atomic mass is 16.5. The van der Waals surface area contributed by atoms with Gasteiger partial charge in [-0.25, -0.2) is 0 Å². The highest BCUT2D eigenvalue weighted by Gasteiger charge is 2.24. The summed E-state index contributed by atoms with van der Waals surface area (Å²) in [4.78, 5) is 18.9. The van der Waals surface area contributed by atoms with Gasteiger partial charge in [0.15, 0.2) is 5.96 Å². The third kappa shape index (κ3) is 6.99. The molecule has 2 N–H and O–H groups in total. The molecule has 7 heteroatoms. The number of aryl methyl sites for hydroxylation is 1. The number of nitrogens with zero attached hydrogens (tertiary/aromatic N) is 2. The number of amides is 1. The highest BCUT2D eigenvalue weighted by molar-refractivity contribution is 5.95. The van der Waals surface area contributed by atoms with Crippen molar-refractivity contribution < 1.29 is 14.3 Å². The fourth-order valence-corrected chi connectivity index (χ4v) is 3.98. The highest BCUT2D eigenvalue weighted by Crippen LogP contribution is 2.18. The van der Waals surface area contributed by atoms with Crippen molar-refractivity contribution in [3.05, 3.63) is 29.8 Å². The Morgan fingerprint density at radius 1 is 1.27 bits per heavy atom. The van der Waals surface area contributed by atoms with Crippen molar-refractivity contribution in [1.29, 1.82) is 0 Å². The van der Waals surface area contributed by atoms with Gasteiger partial charge in [-0.1, -0.05) is 19.1 Å². The molecule has 2 aliphatic heterocycles. The summed E-state index contributed by atoms with van der Waals surface area (Å²) in [7, 11) is 1.76. The molecule has 30 heavy (non-hydrogen) atoms. The van der Waals surface area contributed by atoms with Crippen LogP contribution in [0, 0.1) is 0 Å². The molecule has 0 radical (unpaired) electrons. The lowest BCUT2D eigenvalue weighted by molar-refractivity contribution is -0.115. The van der Waals surface area contributed by atoms with Crippen LogP contribution < -0.4 is 10.6 Å². The number of benzene rings is 1. The standard InChI is InChI=1S/C23H36N4O3/c1-3-18-7-6-8-19(15-18)26-22(28)16-25-23(24-2)27-12-10-20(11-13-27)30-17-21-9-4-5-14-29-21/h6-8,15,20-21H,3-5,9-14,16-17H2,1-2H3,(H,24,25)(H,26,28). The zero-order valence-corrected chi connectivity index (χ0v) is 18.4. The molecule has 0 spiro atoms. The molecule has 0 aromatic heterocycles. The van der Waals surface area contributed by atoms with Gasteiger partial charge < -0.3 is 25.0 Å². The number of carbonyl (C=O) groups is 1. The Balaban J connectivity index is 1.37. The van der Waals surface area contributed by atoms with Gasteiger partial charge in [-0.2, -0.15) is 0 Å². The fourth-order valence-electron chi connectivity index (χ4n) is 3.98. The van der Waals surface area contributed by atoms with Crippen LogP contribution in [-0.4, -0.2) is 68.9 Å². The molecule has 7 nitrogen and oxygen atoms in total. The lowest BCUT2D eigenvalue weighted by atomic mass is 10.1. The number of carbonyl (C=O) groups excluding carboxylic acids is 1. The number of piperidine rings is 1. The van der Waals surface area contributed by atoms with Crippen LogP contribution in [0.4, 0.5) is 5.69 Å². The predicted molar refractivity (Wildman–Crippen MR) is 120 cm³/mol. The Kier molecular flexibility index (Phi) is 8.96. The SMILES string of the molecule is CCc1cccc(NC(=O)CNC(=NC)N2CCC(OCC3CCCCO3)CC2)c1. The van der Waals surface area contributed by atoms with Gasteiger partial charge in [0.2, 0.25) is 5.91 Å². The summed E-state index contributed by atoms with van der Waals surface area (Å²) >= 11 is 0. The van der Waals surface area contributed by atoms with E-state index in [2.05, 4.69) is 33.5 Å². The molecule has 1 unspecified atom stereocenters. The van der Waals surface area contributed by atoms with Crippen LogP contribution >= 0.6 is 0 Å². The van der Waals surface area contributed by atoms with Crippen molar-refractivity contribution in [2.24, 2.45) is 4.99 Å². The molecule has 2 aliphatic rings. The van der Waals surface area contributed by atoms with Crippen molar-refractivity contribution >= 4 is 17.6 Å². The molecule has 2 saturated heterocycles. The number of ether oxygens (including phenoxy) is 2. The number of hydrogen-bond acceptors (Lipinski definition) is 4. The van der Waals surface area contributed by atoms with E-state index < -0.39 is 0 Å². The summed E-state index contributed by atoms with van der Waals surface area (Å²) in [5.74, 6) is 0.691. The molecule has 1 amide bonds. The van der Waals surface area contributed by atoms with Gasteiger partial charge in [-0.15, -0.1) is 0 Å². The molecule has 1 aromatic rings. The average Bonchev–Trinajstić information content (AvgIpc) is 2.79. The first-order valence-corrected chi connectivity index (χ1v) is 11.3. The van der Waals surface area contributed by atoms with Crippen molar-refractivity contribution in [3.8, 4) is 0 Å². The van der Waals surface area contributed by atoms with Crippen LogP contribution in [0.25, 0.3) is 0 Å². The van der Waals surface area contributed by atoms with E-state index in [9.17, 15) is 4.79 Å². The summed E-state index contributed by atoms with van der Waals surface area (Å²) < 4.78 is 11.8. The molecule has 1 atom stereocenters.